The normalized spacial score (nSPS) is 11.0. The van der Waals surface area contributed by atoms with Crippen LogP contribution in [-0.4, -0.2) is 23.2 Å². The summed E-state index contributed by atoms with van der Waals surface area (Å²) in [6, 6.07) is 9.83. The van der Waals surface area contributed by atoms with Crippen molar-refractivity contribution >= 4 is 34.9 Å². The summed E-state index contributed by atoms with van der Waals surface area (Å²) in [6.45, 7) is 4.30. The lowest BCUT2D eigenvalue weighted by atomic mass is 9.94. The molecule has 0 aliphatic carbocycles. The van der Waals surface area contributed by atoms with Gasteiger partial charge in [0.15, 0.2) is 0 Å². The largest absolute Gasteiger partial charge is 0.393 e. The zero-order valence-electron chi connectivity index (χ0n) is 10.6. The first-order valence-electron chi connectivity index (χ1n) is 5.66. The van der Waals surface area contributed by atoms with E-state index in [9.17, 15) is 4.79 Å². The maximum absolute atomic E-state index is 11.7. The van der Waals surface area contributed by atoms with Crippen LogP contribution in [0.5, 0.6) is 0 Å². The molecule has 0 atom stereocenters. The molecule has 0 unspecified atom stereocenters. The zero-order valence-corrected chi connectivity index (χ0v) is 12.2. The van der Waals surface area contributed by atoms with E-state index in [1.165, 1.54) is 11.8 Å². The van der Waals surface area contributed by atoms with Crippen molar-refractivity contribution in [3.8, 4) is 0 Å². The fourth-order valence-electron chi connectivity index (χ4n) is 1.12. The second-order valence-corrected chi connectivity index (χ2v) is 6.12. The molecule has 0 radical (unpaired) electrons. The predicted molar refractivity (Wildman–Crippen MR) is 80.7 cm³/mol. The molecule has 0 fully saturated rings. The zero-order chi connectivity index (χ0) is 13.6. The standard InChI is InChI=1S/C13H18N2OS2/c1-13(2,12(14)17)9-15-11(16)8-18-10-6-4-3-5-7-10/h3-7H,8-9H2,1-2H3,(H2,14,17)(H,15,16). The number of rotatable bonds is 6. The van der Waals surface area contributed by atoms with E-state index < -0.39 is 0 Å². The minimum absolute atomic E-state index is 0.00632. The number of thiocarbonyl (C=S) groups is 1. The Morgan fingerprint density at radius 3 is 2.56 bits per heavy atom. The Labute approximate surface area is 118 Å². The molecule has 1 aromatic carbocycles. The average molecular weight is 282 g/mol. The van der Waals surface area contributed by atoms with Crippen molar-refractivity contribution in [2.45, 2.75) is 18.7 Å². The molecule has 0 spiro atoms. The summed E-state index contributed by atoms with van der Waals surface area (Å²) in [4.78, 5) is 13.2. The minimum atomic E-state index is -0.345. The second kappa shape index (κ2) is 6.75. The van der Waals surface area contributed by atoms with E-state index in [1.54, 1.807) is 0 Å². The second-order valence-electron chi connectivity index (χ2n) is 4.63. The summed E-state index contributed by atoms with van der Waals surface area (Å²) in [5, 5.41) is 2.85. The fourth-order valence-corrected chi connectivity index (χ4v) is 1.94. The molecule has 1 amide bonds. The van der Waals surface area contributed by atoms with Gasteiger partial charge in [-0.1, -0.05) is 44.3 Å². The van der Waals surface area contributed by atoms with Crippen molar-refractivity contribution in [3.63, 3.8) is 0 Å². The van der Waals surface area contributed by atoms with Crippen LogP contribution in [0.15, 0.2) is 35.2 Å². The van der Waals surface area contributed by atoms with Crippen LogP contribution in [0.1, 0.15) is 13.8 Å². The van der Waals surface area contributed by atoms with Gasteiger partial charge in [-0.3, -0.25) is 4.79 Å². The number of carbonyl (C=O) groups excluding carboxylic acids is 1. The summed E-state index contributed by atoms with van der Waals surface area (Å²) in [7, 11) is 0. The first-order chi connectivity index (χ1) is 8.42. The molecule has 0 aromatic heterocycles. The highest BCUT2D eigenvalue weighted by Crippen LogP contribution is 2.17. The highest BCUT2D eigenvalue weighted by Gasteiger charge is 2.21. The lowest BCUT2D eigenvalue weighted by Gasteiger charge is -2.23. The molecule has 0 bridgehead atoms. The van der Waals surface area contributed by atoms with Gasteiger partial charge < -0.3 is 11.1 Å². The van der Waals surface area contributed by atoms with Crippen molar-refractivity contribution in [3.05, 3.63) is 30.3 Å². The number of hydrogen-bond acceptors (Lipinski definition) is 3. The number of thioether (sulfide) groups is 1. The molecule has 3 nitrogen and oxygen atoms in total. The molecular weight excluding hydrogens is 264 g/mol. The van der Waals surface area contributed by atoms with Crippen LogP contribution in [0, 0.1) is 5.41 Å². The lowest BCUT2D eigenvalue weighted by molar-refractivity contribution is -0.118. The van der Waals surface area contributed by atoms with Crippen LogP contribution >= 0.6 is 24.0 Å². The van der Waals surface area contributed by atoms with E-state index in [2.05, 4.69) is 5.32 Å². The number of carbonyl (C=O) groups is 1. The predicted octanol–water partition coefficient (Wildman–Crippen LogP) is 2.21. The third kappa shape index (κ3) is 5.06. The maximum Gasteiger partial charge on any atom is 0.230 e. The molecule has 98 valence electrons. The Hall–Kier alpha value is -1.07. The number of amides is 1. The first-order valence-corrected chi connectivity index (χ1v) is 7.05. The first kappa shape index (κ1) is 15.0. The van der Waals surface area contributed by atoms with Crippen LogP contribution < -0.4 is 11.1 Å². The van der Waals surface area contributed by atoms with E-state index in [1.807, 2.05) is 44.2 Å². The van der Waals surface area contributed by atoms with Crippen molar-refractivity contribution < 1.29 is 4.79 Å². The summed E-state index contributed by atoms with van der Waals surface area (Å²) in [6.07, 6.45) is 0. The quantitative estimate of drug-likeness (QED) is 0.620. The van der Waals surface area contributed by atoms with Crippen LogP contribution in [0.2, 0.25) is 0 Å². The summed E-state index contributed by atoms with van der Waals surface area (Å²) in [5.41, 5.74) is 5.25. The number of nitrogens with two attached hydrogens (primary N) is 1. The third-order valence-corrected chi connectivity index (χ3v) is 4.07. The third-order valence-electron chi connectivity index (χ3n) is 2.51. The fraction of sp³-hybridized carbons (Fsp3) is 0.385. The van der Waals surface area contributed by atoms with E-state index in [0.29, 0.717) is 17.3 Å². The number of benzene rings is 1. The monoisotopic (exact) mass is 282 g/mol. The Morgan fingerprint density at radius 1 is 1.39 bits per heavy atom. The molecule has 1 aromatic rings. The highest BCUT2D eigenvalue weighted by atomic mass is 32.2. The van der Waals surface area contributed by atoms with Gasteiger partial charge in [-0.05, 0) is 12.1 Å². The number of hydrogen-bond donors (Lipinski definition) is 2. The summed E-state index contributed by atoms with van der Waals surface area (Å²) in [5.74, 6) is 0.394. The van der Waals surface area contributed by atoms with Gasteiger partial charge >= 0.3 is 0 Å². The molecule has 0 heterocycles. The Morgan fingerprint density at radius 2 is 2.00 bits per heavy atom. The van der Waals surface area contributed by atoms with Gasteiger partial charge in [0, 0.05) is 16.9 Å². The molecule has 3 N–H and O–H groups in total. The summed E-state index contributed by atoms with van der Waals surface area (Å²) < 4.78 is 0. The van der Waals surface area contributed by atoms with Crippen molar-refractivity contribution in [1.82, 2.24) is 5.32 Å². The molecule has 0 saturated heterocycles. The van der Waals surface area contributed by atoms with Gasteiger partial charge in [0.1, 0.15) is 0 Å². The molecule has 5 heteroatoms. The Kier molecular flexibility index (Phi) is 5.62. The number of nitrogens with one attached hydrogen (secondary N) is 1. The summed E-state index contributed by atoms with van der Waals surface area (Å²) >= 11 is 6.46. The maximum atomic E-state index is 11.7. The van der Waals surface area contributed by atoms with Gasteiger partial charge in [-0.2, -0.15) is 0 Å². The van der Waals surface area contributed by atoms with Crippen LogP contribution in [0.4, 0.5) is 0 Å². The van der Waals surface area contributed by atoms with Gasteiger partial charge in [0.2, 0.25) is 5.91 Å². The average Bonchev–Trinajstić information content (AvgIpc) is 2.35. The van der Waals surface area contributed by atoms with Gasteiger partial charge in [0.25, 0.3) is 0 Å². The van der Waals surface area contributed by atoms with E-state index in [0.717, 1.165) is 4.90 Å². The van der Waals surface area contributed by atoms with Gasteiger partial charge in [-0.15, -0.1) is 11.8 Å². The van der Waals surface area contributed by atoms with Crippen LogP contribution in [0.3, 0.4) is 0 Å². The lowest BCUT2D eigenvalue weighted by Crippen LogP contribution is -2.42. The molecule has 1 rings (SSSR count). The van der Waals surface area contributed by atoms with Crippen LogP contribution in [-0.2, 0) is 4.79 Å². The SMILES string of the molecule is CC(C)(CNC(=O)CSc1ccccc1)C(N)=S. The van der Waals surface area contributed by atoms with Crippen molar-refractivity contribution in [1.29, 1.82) is 0 Å². The highest BCUT2D eigenvalue weighted by molar-refractivity contribution is 8.00. The van der Waals surface area contributed by atoms with E-state index in [-0.39, 0.29) is 11.3 Å². The molecule has 0 saturated carbocycles. The molecule has 18 heavy (non-hydrogen) atoms. The van der Waals surface area contributed by atoms with Gasteiger partial charge in [-0.25, -0.2) is 0 Å². The smallest absolute Gasteiger partial charge is 0.230 e. The molecular formula is C13H18N2OS2. The van der Waals surface area contributed by atoms with E-state index >= 15 is 0 Å². The topological polar surface area (TPSA) is 55.1 Å². The van der Waals surface area contributed by atoms with Crippen molar-refractivity contribution in [2.24, 2.45) is 11.1 Å². The minimum Gasteiger partial charge on any atom is -0.393 e. The van der Waals surface area contributed by atoms with Crippen LogP contribution in [0.25, 0.3) is 0 Å². The van der Waals surface area contributed by atoms with Crippen molar-refractivity contribution in [2.75, 3.05) is 12.3 Å². The van der Waals surface area contributed by atoms with Gasteiger partial charge in [0.05, 0.1) is 10.7 Å². The van der Waals surface area contributed by atoms with E-state index in [4.69, 9.17) is 18.0 Å². The molecule has 0 aliphatic heterocycles. The Balaban J connectivity index is 2.33. The molecule has 0 aliphatic rings. The Bertz CT molecular complexity index is 418.